The lowest BCUT2D eigenvalue weighted by molar-refractivity contribution is -0.122. The molecule has 4 rings (SSSR count). The minimum absolute atomic E-state index is 0.0241. The highest BCUT2D eigenvalue weighted by Gasteiger charge is 2.40. The SMILES string of the molecule is Cc1cc2c(cc1S(=O)(=O)N1CCC[C@@H]1C(=O)Nc1ccc(F)cc1)O[C@@H](C)C(=O)N2. The number of anilines is 2. The molecule has 2 aromatic rings. The van der Waals surface area contributed by atoms with Crippen molar-refractivity contribution in [1.82, 2.24) is 4.31 Å². The van der Waals surface area contributed by atoms with Crippen LogP contribution in [0, 0.1) is 12.7 Å². The summed E-state index contributed by atoms with van der Waals surface area (Å²) in [7, 11) is -4.01. The number of nitrogens with one attached hydrogen (secondary N) is 2. The number of sulfonamides is 1. The van der Waals surface area contributed by atoms with Gasteiger partial charge >= 0.3 is 0 Å². The Morgan fingerprint density at radius 1 is 1.26 bits per heavy atom. The van der Waals surface area contributed by atoms with E-state index in [9.17, 15) is 22.4 Å². The third kappa shape index (κ3) is 4.00. The van der Waals surface area contributed by atoms with Crippen molar-refractivity contribution in [2.75, 3.05) is 17.2 Å². The van der Waals surface area contributed by atoms with Gasteiger partial charge in [0, 0.05) is 18.3 Å². The zero-order valence-electron chi connectivity index (χ0n) is 17.0. The summed E-state index contributed by atoms with van der Waals surface area (Å²) in [6.45, 7) is 3.40. The molecular weight excluding hydrogens is 425 g/mol. The van der Waals surface area contributed by atoms with Crippen molar-refractivity contribution in [2.24, 2.45) is 0 Å². The highest BCUT2D eigenvalue weighted by atomic mass is 32.2. The summed E-state index contributed by atoms with van der Waals surface area (Å²) >= 11 is 0. The zero-order chi connectivity index (χ0) is 22.3. The number of amides is 2. The Morgan fingerprint density at radius 3 is 2.68 bits per heavy atom. The summed E-state index contributed by atoms with van der Waals surface area (Å²) in [4.78, 5) is 24.6. The molecule has 2 amide bonds. The Kier molecular flexibility index (Phi) is 5.44. The Balaban J connectivity index is 1.62. The molecule has 2 aliphatic heterocycles. The van der Waals surface area contributed by atoms with Gasteiger partial charge in [0.2, 0.25) is 15.9 Å². The predicted molar refractivity (Wildman–Crippen MR) is 112 cm³/mol. The van der Waals surface area contributed by atoms with E-state index >= 15 is 0 Å². The molecule has 31 heavy (non-hydrogen) atoms. The maximum atomic E-state index is 13.5. The van der Waals surface area contributed by atoms with Gasteiger partial charge in [-0.15, -0.1) is 0 Å². The number of carbonyl (C=O) groups excluding carboxylic acids is 2. The molecule has 164 valence electrons. The molecule has 0 bridgehead atoms. The van der Waals surface area contributed by atoms with E-state index in [4.69, 9.17) is 4.74 Å². The molecular formula is C21H22FN3O5S. The minimum atomic E-state index is -4.01. The average molecular weight is 447 g/mol. The third-order valence-corrected chi connectivity index (χ3v) is 7.46. The van der Waals surface area contributed by atoms with Crippen molar-refractivity contribution in [3.63, 3.8) is 0 Å². The van der Waals surface area contributed by atoms with Crippen LogP contribution in [0.2, 0.25) is 0 Å². The highest BCUT2D eigenvalue weighted by molar-refractivity contribution is 7.89. The third-order valence-electron chi connectivity index (χ3n) is 5.41. The number of hydrogen-bond donors (Lipinski definition) is 2. The van der Waals surface area contributed by atoms with E-state index in [-0.39, 0.29) is 23.1 Å². The van der Waals surface area contributed by atoms with Crippen LogP contribution in [0.15, 0.2) is 41.3 Å². The number of fused-ring (bicyclic) bond motifs is 1. The molecule has 0 unspecified atom stereocenters. The number of nitrogens with zero attached hydrogens (tertiary/aromatic N) is 1. The van der Waals surface area contributed by atoms with Gasteiger partial charge in [0.05, 0.1) is 10.6 Å². The van der Waals surface area contributed by atoms with Crippen molar-refractivity contribution in [1.29, 1.82) is 0 Å². The van der Waals surface area contributed by atoms with E-state index in [1.165, 1.54) is 34.6 Å². The maximum absolute atomic E-state index is 13.5. The number of aryl methyl sites for hydroxylation is 1. The molecule has 0 aliphatic carbocycles. The molecule has 10 heteroatoms. The molecule has 2 aromatic carbocycles. The normalized spacial score (nSPS) is 21.2. The predicted octanol–water partition coefficient (Wildman–Crippen LogP) is 2.65. The van der Waals surface area contributed by atoms with Crippen molar-refractivity contribution in [3.8, 4) is 5.75 Å². The van der Waals surface area contributed by atoms with E-state index in [0.29, 0.717) is 29.8 Å². The molecule has 2 aliphatic rings. The van der Waals surface area contributed by atoms with Crippen LogP contribution in [0.4, 0.5) is 15.8 Å². The van der Waals surface area contributed by atoms with E-state index in [0.717, 1.165) is 0 Å². The van der Waals surface area contributed by atoms with Crippen LogP contribution >= 0.6 is 0 Å². The van der Waals surface area contributed by atoms with Gasteiger partial charge in [0.25, 0.3) is 5.91 Å². The smallest absolute Gasteiger partial charge is 0.265 e. The first kappa shape index (κ1) is 21.3. The van der Waals surface area contributed by atoms with Crippen LogP contribution in [-0.2, 0) is 19.6 Å². The van der Waals surface area contributed by atoms with Gasteiger partial charge in [-0.1, -0.05) is 0 Å². The van der Waals surface area contributed by atoms with E-state index in [1.807, 2.05) is 0 Å². The van der Waals surface area contributed by atoms with Gasteiger partial charge in [-0.3, -0.25) is 9.59 Å². The number of ether oxygens (including phenoxy) is 1. The first-order valence-electron chi connectivity index (χ1n) is 9.87. The first-order valence-corrected chi connectivity index (χ1v) is 11.3. The maximum Gasteiger partial charge on any atom is 0.265 e. The van der Waals surface area contributed by atoms with Crippen molar-refractivity contribution >= 4 is 33.2 Å². The summed E-state index contributed by atoms with van der Waals surface area (Å²) in [5, 5.41) is 5.35. The summed E-state index contributed by atoms with van der Waals surface area (Å²) in [6, 6.07) is 7.33. The molecule has 2 atom stereocenters. The van der Waals surface area contributed by atoms with Crippen molar-refractivity contribution in [2.45, 2.75) is 43.7 Å². The lowest BCUT2D eigenvalue weighted by atomic mass is 10.1. The second kappa shape index (κ2) is 7.93. The Hall–Kier alpha value is -2.98. The Bertz CT molecular complexity index is 1150. The van der Waals surface area contributed by atoms with Crippen LogP contribution in [0.3, 0.4) is 0 Å². The quantitative estimate of drug-likeness (QED) is 0.750. The second-order valence-corrected chi connectivity index (χ2v) is 9.49. The number of halogens is 1. The summed E-state index contributed by atoms with van der Waals surface area (Å²) in [5.74, 6) is -0.943. The highest BCUT2D eigenvalue weighted by Crippen LogP contribution is 2.37. The van der Waals surface area contributed by atoms with Crippen LogP contribution in [0.25, 0.3) is 0 Å². The van der Waals surface area contributed by atoms with Gasteiger partial charge in [-0.2, -0.15) is 4.31 Å². The second-order valence-electron chi connectivity index (χ2n) is 7.63. The molecule has 2 N–H and O–H groups in total. The largest absolute Gasteiger partial charge is 0.479 e. The zero-order valence-corrected chi connectivity index (χ0v) is 17.8. The molecule has 0 aromatic heterocycles. The topological polar surface area (TPSA) is 105 Å². The van der Waals surface area contributed by atoms with E-state index in [1.54, 1.807) is 19.9 Å². The molecule has 1 fully saturated rings. The number of carbonyl (C=O) groups is 2. The molecule has 0 radical (unpaired) electrons. The van der Waals surface area contributed by atoms with Gasteiger partial charge in [-0.25, -0.2) is 12.8 Å². The summed E-state index contributed by atoms with van der Waals surface area (Å²) in [6.07, 6.45) is 0.167. The van der Waals surface area contributed by atoms with Crippen molar-refractivity contribution < 1.29 is 27.1 Å². The lowest BCUT2D eigenvalue weighted by Crippen LogP contribution is -2.43. The monoisotopic (exact) mass is 447 g/mol. The Labute approximate surface area is 179 Å². The van der Waals surface area contributed by atoms with Crippen LogP contribution in [-0.4, -0.2) is 43.2 Å². The fourth-order valence-electron chi connectivity index (χ4n) is 3.80. The molecule has 2 heterocycles. The standard InChI is InChI=1S/C21H22FN3O5S/c1-12-10-16-18(30-13(2)20(26)24-16)11-19(12)31(28,29)25-9-3-4-17(25)21(27)23-15-7-5-14(22)6-8-15/h5-8,10-11,13,17H,3-4,9H2,1-2H3,(H,23,27)(H,24,26)/t13-,17+/m0/s1. The first-order chi connectivity index (χ1) is 14.7. The fourth-order valence-corrected chi connectivity index (χ4v) is 5.68. The molecule has 1 saturated heterocycles. The summed E-state index contributed by atoms with van der Waals surface area (Å²) in [5.41, 5.74) is 1.23. The number of hydrogen-bond acceptors (Lipinski definition) is 5. The number of benzene rings is 2. The molecule has 0 spiro atoms. The fraction of sp³-hybridized carbons (Fsp3) is 0.333. The Morgan fingerprint density at radius 2 is 1.97 bits per heavy atom. The lowest BCUT2D eigenvalue weighted by Gasteiger charge is -2.27. The van der Waals surface area contributed by atoms with Crippen molar-refractivity contribution in [3.05, 3.63) is 47.8 Å². The van der Waals surface area contributed by atoms with E-state index < -0.39 is 33.9 Å². The van der Waals surface area contributed by atoms with Crippen LogP contribution in [0.5, 0.6) is 5.75 Å². The molecule has 8 nitrogen and oxygen atoms in total. The molecule has 0 saturated carbocycles. The van der Waals surface area contributed by atoms with Crippen LogP contribution < -0.4 is 15.4 Å². The van der Waals surface area contributed by atoms with E-state index in [2.05, 4.69) is 10.6 Å². The van der Waals surface area contributed by atoms with Crippen LogP contribution in [0.1, 0.15) is 25.3 Å². The van der Waals surface area contributed by atoms with Gasteiger partial charge in [-0.05, 0) is 62.6 Å². The van der Waals surface area contributed by atoms with Gasteiger partial charge in [0.1, 0.15) is 17.6 Å². The minimum Gasteiger partial charge on any atom is -0.479 e. The van der Waals surface area contributed by atoms with Gasteiger partial charge in [0.15, 0.2) is 6.10 Å². The number of rotatable bonds is 4. The van der Waals surface area contributed by atoms with Gasteiger partial charge < -0.3 is 15.4 Å². The average Bonchev–Trinajstić information content (AvgIpc) is 3.21. The summed E-state index contributed by atoms with van der Waals surface area (Å²) < 4.78 is 46.7.